The predicted octanol–water partition coefficient (Wildman–Crippen LogP) is 5.01. The Bertz CT molecular complexity index is 1380. The molecule has 0 aliphatic carbocycles. The molecule has 1 amide bonds. The van der Waals surface area contributed by atoms with Crippen molar-refractivity contribution in [2.24, 2.45) is 7.05 Å². The van der Waals surface area contributed by atoms with E-state index in [2.05, 4.69) is 22.5 Å². The molecular weight excluding hydrogens is 424 g/mol. The van der Waals surface area contributed by atoms with Gasteiger partial charge in [-0.05, 0) is 56.9 Å². The number of rotatable bonds is 4. The molecule has 0 atom stereocenters. The van der Waals surface area contributed by atoms with Crippen LogP contribution in [0.3, 0.4) is 0 Å². The van der Waals surface area contributed by atoms with E-state index in [1.807, 2.05) is 62.9 Å². The maximum atomic E-state index is 13.3. The Hall–Kier alpha value is -3.26. The number of aryl methyl sites for hydroxylation is 1. The van der Waals surface area contributed by atoms with Crippen LogP contribution in [0.1, 0.15) is 26.3 Å². The summed E-state index contributed by atoms with van der Waals surface area (Å²) in [6, 6.07) is 13.5. The van der Waals surface area contributed by atoms with Gasteiger partial charge in [-0.3, -0.25) is 10.1 Å². The predicted molar refractivity (Wildman–Crippen MR) is 130 cm³/mol. The van der Waals surface area contributed by atoms with Gasteiger partial charge in [0.1, 0.15) is 11.1 Å². The molecule has 0 bridgehead atoms. The van der Waals surface area contributed by atoms with Gasteiger partial charge in [-0.1, -0.05) is 18.2 Å². The summed E-state index contributed by atoms with van der Waals surface area (Å²) in [5.41, 5.74) is 2.33. The van der Waals surface area contributed by atoms with Gasteiger partial charge >= 0.3 is 6.09 Å². The van der Waals surface area contributed by atoms with Crippen LogP contribution < -0.4 is 10.9 Å². The zero-order chi connectivity index (χ0) is 23.0. The fourth-order valence-corrected chi connectivity index (χ4v) is 4.15. The van der Waals surface area contributed by atoms with Gasteiger partial charge in [0.2, 0.25) is 0 Å². The molecule has 4 rings (SSSR count). The molecule has 0 radical (unpaired) electrons. The zero-order valence-corrected chi connectivity index (χ0v) is 19.6. The smallest absolute Gasteiger partial charge is 0.412 e. The fraction of sp³-hybridized carbons (Fsp3) is 0.292. The number of hydrogen-bond acceptors (Lipinski definition) is 5. The monoisotopic (exact) mass is 450 g/mol. The van der Waals surface area contributed by atoms with Gasteiger partial charge in [0, 0.05) is 28.4 Å². The summed E-state index contributed by atoms with van der Waals surface area (Å²) in [4.78, 5) is 26.5. The molecule has 7 nitrogen and oxygen atoms in total. The average Bonchev–Trinajstić information content (AvgIpc) is 3.01. The number of amides is 1. The molecule has 0 fully saturated rings. The molecule has 8 heteroatoms. The van der Waals surface area contributed by atoms with Crippen LogP contribution in [-0.2, 0) is 18.3 Å². The third-order valence-corrected chi connectivity index (χ3v) is 5.84. The van der Waals surface area contributed by atoms with E-state index in [4.69, 9.17) is 4.74 Å². The minimum Gasteiger partial charge on any atom is -0.444 e. The number of carbonyl (C=O) groups is 1. The number of nitrogens with one attached hydrogen (secondary N) is 1. The van der Waals surface area contributed by atoms with Crippen LogP contribution >= 0.6 is 11.8 Å². The third kappa shape index (κ3) is 4.36. The molecule has 0 unspecified atom stereocenters. The Kier molecular flexibility index (Phi) is 5.73. The standard InChI is InChI=1S/C24H26N4O3S/c1-24(2,3)31-23(30)26-16-8-6-7-15(11-16)14-28-22(29)21-19(13-25-28)18-10-9-17(32-5)12-20(18)27(21)4/h6-13H,14H2,1-5H3,(H,26,30). The first-order valence-electron chi connectivity index (χ1n) is 10.3. The number of benzene rings is 2. The van der Waals surface area contributed by atoms with Crippen molar-refractivity contribution in [3.05, 3.63) is 64.6 Å². The second-order valence-electron chi connectivity index (χ2n) is 8.64. The molecule has 2 aromatic heterocycles. The summed E-state index contributed by atoms with van der Waals surface area (Å²) < 4.78 is 8.69. The lowest BCUT2D eigenvalue weighted by atomic mass is 10.2. The first kappa shape index (κ1) is 22.0. The highest BCUT2D eigenvalue weighted by Gasteiger charge is 2.17. The van der Waals surface area contributed by atoms with Gasteiger partial charge in [0.05, 0.1) is 18.3 Å². The lowest BCUT2D eigenvalue weighted by molar-refractivity contribution is 0.0636. The number of ether oxygens (including phenoxy) is 1. The minimum atomic E-state index is -0.580. The molecule has 4 aromatic rings. The summed E-state index contributed by atoms with van der Waals surface area (Å²) in [6.07, 6.45) is 3.26. The van der Waals surface area contributed by atoms with Gasteiger partial charge in [-0.25, -0.2) is 9.48 Å². The fourth-order valence-electron chi connectivity index (χ4n) is 3.72. The van der Waals surface area contributed by atoms with E-state index in [1.165, 1.54) is 4.68 Å². The van der Waals surface area contributed by atoms with Gasteiger partial charge < -0.3 is 9.30 Å². The normalized spacial score (nSPS) is 11.8. The molecule has 32 heavy (non-hydrogen) atoms. The third-order valence-electron chi connectivity index (χ3n) is 5.11. The van der Waals surface area contributed by atoms with E-state index < -0.39 is 11.7 Å². The number of hydrogen-bond donors (Lipinski definition) is 1. The summed E-state index contributed by atoms with van der Waals surface area (Å²) in [6.45, 7) is 5.72. The Labute approximate surface area is 190 Å². The highest BCUT2D eigenvalue weighted by atomic mass is 32.2. The topological polar surface area (TPSA) is 78.2 Å². The van der Waals surface area contributed by atoms with Gasteiger partial charge in [0.25, 0.3) is 5.56 Å². The van der Waals surface area contributed by atoms with Crippen LogP contribution in [0.5, 0.6) is 0 Å². The molecule has 0 aliphatic rings. The van der Waals surface area contributed by atoms with E-state index in [9.17, 15) is 9.59 Å². The van der Waals surface area contributed by atoms with Crippen molar-refractivity contribution in [1.82, 2.24) is 14.3 Å². The lowest BCUT2D eigenvalue weighted by Gasteiger charge is -2.19. The van der Waals surface area contributed by atoms with Gasteiger partial charge in [-0.15, -0.1) is 11.8 Å². The molecule has 2 aromatic carbocycles. The number of anilines is 1. The summed E-state index contributed by atoms with van der Waals surface area (Å²) in [7, 11) is 1.91. The zero-order valence-electron chi connectivity index (χ0n) is 18.8. The number of nitrogens with zero attached hydrogens (tertiary/aromatic N) is 3. The Morgan fingerprint density at radius 1 is 1.16 bits per heavy atom. The highest BCUT2D eigenvalue weighted by Crippen LogP contribution is 2.29. The number of thioether (sulfide) groups is 1. The number of carbonyl (C=O) groups excluding carboxylic acids is 1. The minimum absolute atomic E-state index is 0.155. The quantitative estimate of drug-likeness (QED) is 0.443. The van der Waals surface area contributed by atoms with E-state index >= 15 is 0 Å². The molecule has 2 heterocycles. The van der Waals surface area contributed by atoms with Crippen molar-refractivity contribution in [2.45, 2.75) is 37.8 Å². The van der Waals surface area contributed by atoms with Crippen LogP contribution in [0.2, 0.25) is 0 Å². The molecule has 0 aliphatic heterocycles. The van der Waals surface area contributed by atoms with Gasteiger partial charge in [0.15, 0.2) is 0 Å². The van der Waals surface area contributed by atoms with Crippen LogP contribution in [0, 0.1) is 0 Å². The summed E-state index contributed by atoms with van der Waals surface area (Å²) in [5.74, 6) is 0. The molecule has 0 saturated heterocycles. The Morgan fingerprint density at radius 3 is 2.66 bits per heavy atom. The first-order chi connectivity index (χ1) is 15.2. The van der Waals surface area contributed by atoms with Gasteiger partial charge in [-0.2, -0.15) is 5.10 Å². The lowest BCUT2D eigenvalue weighted by Crippen LogP contribution is -2.27. The second kappa shape index (κ2) is 8.35. The molecule has 0 spiro atoms. The van der Waals surface area contributed by atoms with Crippen molar-refractivity contribution in [2.75, 3.05) is 11.6 Å². The van der Waals surface area contributed by atoms with E-state index in [0.29, 0.717) is 11.2 Å². The highest BCUT2D eigenvalue weighted by molar-refractivity contribution is 7.98. The molecule has 1 N–H and O–H groups in total. The largest absolute Gasteiger partial charge is 0.444 e. The Balaban J connectivity index is 1.66. The number of aromatic nitrogens is 3. The molecule has 0 saturated carbocycles. The van der Waals surface area contributed by atoms with Crippen molar-refractivity contribution in [1.29, 1.82) is 0 Å². The molecule has 166 valence electrons. The number of fused-ring (bicyclic) bond motifs is 3. The van der Waals surface area contributed by atoms with Crippen LogP contribution in [-0.4, -0.2) is 32.3 Å². The SMILES string of the molecule is CSc1ccc2c3cnn(Cc4cccc(NC(=O)OC(C)(C)C)c4)c(=O)c3n(C)c2c1. The summed E-state index contributed by atoms with van der Waals surface area (Å²) in [5, 5.41) is 9.01. The van der Waals surface area contributed by atoms with Crippen molar-refractivity contribution in [3.8, 4) is 0 Å². The average molecular weight is 451 g/mol. The van der Waals surface area contributed by atoms with E-state index in [-0.39, 0.29) is 12.1 Å². The van der Waals surface area contributed by atoms with Crippen LogP contribution in [0.15, 0.2) is 58.4 Å². The Morgan fingerprint density at radius 2 is 1.94 bits per heavy atom. The van der Waals surface area contributed by atoms with E-state index in [1.54, 1.807) is 24.0 Å². The van der Waals surface area contributed by atoms with Crippen molar-refractivity contribution in [3.63, 3.8) is 0 Å². The second-order valence-corrected chi connectivity index (χ2v) is 9.52. The van der Waals surface area contributed by atoms with Crippen molar-refractivity contribution >= 4 is 45.3 Å². The van der Waals surface area contributed by atoms with Crippen molar-refractivity contribution < 1.29 is 9.53 Å². The first-order valence-corrected chi connectivity index (χ1v) is 11.5. The van der Waals surface area contributed by atoms with E-state index in [0.717, 1.165) is 26.7 Å². The van der Waals surface area contributed by atoms with Crippen LogP contribution in [0.4, 0.5) is 10.5 Å². The van der Waals surface area contributed by atoms with Crippen LogP contribution in [0.25, 0.3) is 21.8 Å². The summed E-state index contributed by atoms with van der Waals surface area (Å²) >= 11 is 1.67. The maximum Gasteiger partial charge on any atom is 0.412 e. The maximum absolute atomic E-state index is 13.3. The molecular formula is C24H26N4O3S.